The number of urea groups is 1. The Morgan fingerprint density at radius 3 is 2.72 bits per heavy atom. The fourth-order valence-electron chi connectivity index (χ4n) is 1.58. The molecule has 18 heavy (non-hydrogen) atoms. The lowest BCUT2D eigenvalue weighted by Gasteiger charge is -2.24. The second kappa shape index (κ2) is 6.63. The van der Waals surface area contributed by atoms with Gasteiger partial charge in [0.15, 0.2) is 0 Å². The van der Waals surface area contributed by atoms with Gasteiger partial charge in [-0.05, 0) is 5.92 Å². The summed E-state index contributed by atoms with van der Waals surface area (Å²) in [5, 5.41) is 11.8. The van der Waals surface area contributed by atoms with Gasteiger partial charge < -0.3 is 15.3 Å². The summed E-state index contributed by atoms with van der Waals surface area (Å²) >= 11 is 1.59. The molecule has 0 bridgehead atoms. The molecule has 1 aliphatic rings. The van der Waals surface area contributed by atoms with Crippen LogP contribution in [0.25, 0.3) is 0 Å². The average molecular weight is 273 g/mol. The van der Waals surface area contributed by atoms with Crippen LogP contribution < -0.4 is 5.32 Å². The van der Waals surface area contributed by atoms with E-state index in [1.807, 2.05) is 0 Å². The summed E-state index contributed by atoms with van der Waals surface area (Å²) in [5.41, 5.74) is 1.78. The fourth-order valence-corrected chi connectivity index (χ4v) is 2.40. The summed E-state index contributed by atoms with van der Waals surface area (Å²) in [5.74, 6) is -1.16. The van der Waals surface area contributed by atoms with E-state index in [9.17, 15) is 9.59 Å². The molecule has 0 saturated heterocycles. The smallest absolute Gasteiger partial charge is 0.326 e. The summed E-state index contributed by atoms with van der Waals surface area (Å²) in [6.45, 7) is 4.79. The quantitative estimate of drug-likeness (QED) is 0.779. The van der Waals surface area contributed by atoms with Crippen molar-refractivity contribution in [2.45, 2.75) is 25.1 Å². The average Bonchev–Trinajstić information content (AvgIpc) is 2.77. The van der Waals surface area contributed by atoms with Crippen LogP contribution in [0.2, 0.25) is 0 Å². The van der Waals surface area contributed by atoms with Gasteiger partial charge in [-0.3, -0.25) is 4.99 Å². The molecule has 0 fully saturated rings. The van der Waals surface area contributed by atoms with Crippen LogP contribution in [0.3, 0.4) is 0 Å². The van der Waals surface area contributed by atoms with Crippen LogP contribution >= 0.6 is 11.8 Å². The lowest BCUT2D eigenvalue weighted by molar-refractivity contribution is -0.140. The van der Waals surface area contributed by atoms with E-state index in [0.29, 0.717) is 13.1 Å². The number of rotatable bonds is 5. The largest absolute Gasteiger partial charge is 0.480 e. The predicted octanol–water partition coefficient (Wildman–Crippen LogP) is 0.881. The lowest BCUT2D eigenvalue weighted by atomic mass is 10.1. The molecular formula is C11H19N3O3S. The fraction of sp³-hybridized carbons (Fsp3) is 0.727. The SMILES string of the molecule is CC(C)[C@H](NC(=O)N(C)CC1CN=CS1)C(=O)O. The first-order chi connectivity index (χ1) is 8.41. The number of hydrogen-bond donors (Lipinski definition) is 2. The highest BCUT2D eigenvalue weighted by atomic mass is 32.2. The van der Waals surface area contributed by atoms with Gasteiger partial charge in [0.1, 0.15) is 6.04 Å². The Morgan fingerprint density at radius 1 is 1.61 bits per heavy atom. The van der Waals surface area contributed by atoms with E-state index < -0.39 is 12.0 Å². The minimum Gasteiger partial charge on any atom is -0.480 e. The monoisotopic (exact) mass is 273 g/mol. The molecular weight excluding hydrogens is 254 g/mol. The van der Waals surface area contributed by atoms with Gasteiger partial charge in [0, 0.05) is 18.8 Å². The molecule has 0 aromatic rings. The molecule has 102 valence electrons. The number of aliphatic carboxylic acids is 1. The van der Waals surface area contributed by atoms with Crippen LogP contribution in [-0.4, -0.2) is 59.0 Å². The lowest BCUT2D eigenvalue weighted by Crippen LogP contribution is -2.50. The number of aliphatic imine (C=N–C) groups is 1. The molecule has 1 unspecified atom stereocenters. The van der Waals surface area contributed by atoms with E-state index >= 15 is 0 Å². The Bertz CT molecular complexity index is 338. The number of nitrogens with zero attached hydrogens (tertiary/aromatic N) is 2. The van der Waals surface area contributed by atoms with Crippen LogP contribution in [0, 0.1) is 5.92 Å². The highest BCUT2D eigenvalue weighted by Gasteiger charge is 2.26. The van der Waals surface area contributed by atoms with E-state index in [4.69, 9.17) is 5.11 Å². The molecule has 6 nitrogen and oxygen atoms in total. The van der Waals surface area contributed by atoms with Crippen molar-refractivity contribution in [2.75, 3.05) is 20.1 Å². The van der Waals surface area contributed by atoms with Gasteiger partial charge in [0.05, 0.1) is 12.1 Å². The van der Waals surface area contributed by atoms with Crippen molar-refractivity contribution in [3.63, 3.8) is 0 Å². The van der Waals surface area contributed by atoms with E-state index in [1.54, 1.807) is 38.2 Å². The summed E-state index contributed by atoms with van der Waals surface area (Å²) < 4.78 is 0. The van der Waals surface area contributed by atoms with Gasteiger partial charge in [-0.25, -0.2) is 9.59 Å². The van der Waals surface area contributed by atoms with Crippen LogP contribution in [0.5, 0.6) is 0 Å². The zero-order valence-electron chi connectivity index (χ0n) is 10.8. The molecule has 2 atom stereocenters. The minimum atomic E-state index is -1.01. The number of carbonyl (C=O) groups excluding carboxylic acids is 1. The minimum absolute atomic E-state index is 0.149. The molecule has 0 radical (unpaired) electrons. The molecule has 2 amide bonds. The third-order valence-electron chi connectivity index (χ3n) is 2.67. The number of carbonyl (C=O) groups is 2. The van der Waals surface area contributed by atoms with Crippen LogP contribution in [0.1, 0.15) is 13.8 Å². The molecule has 1 rings (SSSR count). The molecule has 7 heteroatoms. The zero-order valence-corrected chi connectivity index (χ0v) is 11.6. The van der Waals surface area contributed by atoms with E-state index in [1.165, 1.54) is 4.90 Å². The Balaban J connectivity index is 2.44. The molecule has 1 aliphatic heterocycles. The Hall–Kier alpha value is -1.24. The molecule has 1 heterocycles. The number of carboxylic acids is 1. The zero-order chi connectivity index (χ0) is 13.7. The van der Waals surface area contributed by atoms with Gasteiger partial charge in [-0.2, -0.15) is 0 Å². The van der Waals surface area contributed by atoms with Crippen molar-refractivity contribution in [3.05, 3.63) is 0 Å². The highest BCUT2D eigenvalue weighted by Crippen LogP contribution is 2.15. The summed E-state index contributed by atoms with van der Waals surface area (Å²) in [7, 11) is 1.66. The first-order valence-electron chi connectivity index (χ1n) is 5.80. The number of hydrogen-bond acceptors (Lipinski definition) is 4. The van der Waals surface area contributed by atoms with Crippen molar-refractivity contribution < 1.29 is 14.7 Å². The second-order valence-electron chi connectivity index (χ2n) is 4.62. The molecule has 0 spiro atoms. The van der Waals surface area contributed by atoms with Crippen LogP contribution in [0.15, 0.2) is 4.99 Å². The van der Waals surface area contributed by atoms with E-state index in [0.717, 1.165) is 0 Å². The Morgan fingerprint density at radius 2 is 2.28 bits per heavy atom. The standard InChI is InChI=1S/C11H19N3O3S/c1-7(2)9(10(15)16)13-11(17)14(3)5-8-4-12-6-18-8/h6-9H,4-5H2,1-3H3,(H,13,17)(H,15,16)/t8?,9-/m0/s1. The maximum Gasteiger partial charge on any atom is 0.326 e. The maximum atomic E-state index is 11.9. The van der Waals surface area contributed by atoms with Gasteiger partial charge in [0.2, 0.25) is 0 Å². The normalized spacial score (nSPS) is 19.9. The van der Waals surface area contributed by atoms with Crippen molar-refractivity contribution in [3.8, 4) is 0 Å². The number of nitrogens with one attached hydrogen (secondary N) is 1. The highest BCUT2D eigenvalue weighted by molar-refractivity contribution is 8.12. The van der Waals surface area contributed by atoms with Crippen molar-refractivity contribution in [2.24, 2.45) is 10.9 Å². The molecule has 0 aliphatic carbocycles. The molecule has 2 N–H and O–H groups in total. The first kappa shape index (κ1) is 14.8. The van der Waals surface area contributed by atoms with Gasteiger partial charge in [0.25, 0.3) is 0 Å². The van der Waals surface area contributed by atoms with Crippen molar-refractivity contribution >= 4 is 29.3 Å². The van der Waals surface area contributed by atoms with Crippen molar-refractivity contribution in [1.82, 2.24) is 10.2 Å². The maximum absolute atomic E-state index is 11.9. The summed E-state index contributed by atoms with van der Waals surface area (Å²) in [6.07, 6.45) is 0. The third kappa shape index (κ3) is 4.21. The number of thioether (sulfide) groups is 1. The van der Waals surface area contributed by atoms with Gasteiger partial charge >= 0.3 is 12.0 Å². The van der Waals surface area contributed by atoms with Crippen LogP contribution in [-0.2, 0) is 4.79 Å². The Labute approximate surface area is 111 Å². The third-order valence-corrected chi connectivity index (χ3v) is 3.63. The summed E-state index contributed by atoms with van der Waals surface area (Å²) in [4.78, 5) is 28.4. The predicted molar refractivity (Wildman–Crippen MR) is 72.2 cm³/mol. The molecule has 0 saturated carbocycles. The number of amides is 2. The Kier molecular flexibility index (Phi) is 5.46. The van der Waals surface area contributed by atoms with Crippen LogP contribution in [0.4, 0.5) is 4.79 Å². The van der Waals surface area contributed by atoms with Gasteiger partial charge in [-0.15, -0.1) is 11.8 Å². The first-order valence-corrected chi connectivity index (χ1v) is 6.74. The molecule has 0 aromatic carbocycles. The van der Waals surface area contributed by atoms with Crippen molar-refractivity contribution in [1.29, 1.82) is 0 Å². The molecule has 0 aromatic heterocycles. The topological polar surface area (TPSA) is 82.0 Å². The second-order valence-corrected chi connectivity index (χ2v) is 5.77. The van der Waals surface area contributed by atoms with E-state index in [2.05, 4.69) is 10.3 Å². The van der Waals surface area contributed by atoms with E-state index in [-0.39, 0.29) is 17.2 Å². The van der Waals surface area contributed by atoms with Gasteiger partial charge in [-0.1, -0.05) is 13.8 Å². The number of carboxylic acid groups (broad SMARTS) is 1. The summed E-state index contributed by atoms with van der Waals surface area (Å²) in [6, 6.07) is -1.21.